The van der Waals surface area contributed by atoms with Crippen molar-refractivity contribution in [2.45, 2.75) is 6.54 Å². The highest BCUT2D eigenvalue weighted by Gasteiger charge is 2.22. The van der Waals surface area contributed by atoms with E-state index in [1.807, 2.05) is 65.7 Å². The monoisotopic (exact) mass is 377 g/mol. The van der Waals surface area contributed by atoms with Crippen LogP contribution in [0, 0.1) is 0 Å². The highest BCUT2D eigenvalue weighted by Crippen LogP contribution is 2.15. The summed E-state index contributed by atoms with van der Waals surface area (Å²) in [5, 5.41) is 8.50. The zero-order valence-electron chi connectivity index (χ0n) is 15.9. The lowest BCUT2D eigenvalue weighted by Crippen LogP contribution is -2.48. The summed E-state index contributed by atoms with van der Waals surface area (Å²) in [6.45, 7) is 3.78. The molecule has 2 aromatic carbocycles. The average molecular weight is 377 g/mol. The van der Waals surface area contributed by atoms with Gasteiger partial charge in [-0.25, -0.2) is 4.68 Å². The van der Waals surface area contributed by atoms with Crippen LogP contribution in [0.15, 0.2) is 60.8 Å². The number of benzene rings is 2. The topological polar surface area (TPSA) is 63.5 Å². The van der Waals surface area contributed by atoms with E-state index >= 15 is 0 Å². The molecule has 0 spiro atoms. The van der Waals surface area contributed by atoms with E-state index in [0.29, 0.717) is 18.7 Å². The number of piperazine rings is 1. The maximum absolute atomic E-state index is 12.7. The molecule has 1 aliphatic heterocycles. The van der Waals surface area contributed by atoms with E-state index in [1.165, 1.54) is 0 Å². The highest BCUT2D eigenvalue weighted by atomic mass is 16.5. The fraction of sp³-hybridized carbons (Fsp3) is 0.286. The minimum Gasteiger partial charge on any atom is -0.497 e. The van der Waals surface area contributed by atoms with Gasteiger partial charge >= 0.3 is 0 Å². The first-order chi connectivity index (χ1) is 13.7. The molecule has 1 amide bonds. The van der Waals surface area contributed by atoms with Crippen LogP contribution in [-0.2, 0) is 6.54 Å². The Morgan fingerprint density at radius 2 is 1.71 bits per heavy atom. The van der Waals surface area contributed by atoms with Crippen LogP contribution in [0.1, 0.15) is 16.1 Å². The summed E-state index contributed by atoms with van der Waals surface area (Å²) >= 11 is 0. The summed E-state index contributed by atoms with van der Waals surface area (Å²) in [6.07, 6.45) is 1.96. The Morgan fingerprint density at radius 3 is 2.39 bits per heavy atom. The molecule has 0 radical (unpaired) electrons. The largest absolute Gasteiger partial charge is 0.497 e. The molecule has 0 aliphatic carbocycles. The molecule has 1 fully saturated rings. The molecule has 0 bridgehead atoms. The van der Waals surface area contributed by atoms with Crippen LogP contribution in [0.2, 0.25) is 0 Å². The van der Waals surface area contributed by atoms with Crippen molar-refractivity contribution in [1.29, 1.82) is 0 Å². The van der Waals surface area contributed by atoms with Crippen molar-refractivity contribution in [1.82, 2.24) is 24.8 Å². The number of amides is 1. The third kappa shape index (κ3) is 4.04. The molecule has 28 heavy (non-hydrogen) atoms. The Hall–Kier alpha value is -3.19. The van der Waals surface area contributed by atoms with Crippen molar-refractivity contribution in [2.75, 3.05) is 33.3 Å². The van der Waals surface area contributed by atoms with E-state index in [0.717, 1.165) is 36.8 Å². The molecule has 7 nitrogen and oxygen atoms in total. The molecule has 0 unspecified atom stereocenters. The van der Waals surface area contributed by atoms with Crippen LogP contribution in [0.25, 0.3) is 5.69 Å². The molecule has 2 heterocycles. The van der Waals surface area contributed by atoms with Crippen LogP contribution in [0.4, 0.5) is 0 Å². The van der Waals surface area contributed by atoms with Gasteiger partial charge in [0.05, 0.1) is 24.7 Å². The number of hydrogen-bond donors (Lipinski definition) is 0. The number of carbonyl (C=O) groups excluding carboxylic acids is 1. The van der Waals surface area contributed by atoms with Gasteiger partial charge in [0, 0.05) is 38.3 Å². The van der Waals surface area contributed by atoms with Crippen molar-refractivity contribution in [3.05, 3.63) is 72.1 Å². The number of para-hydroxylation sites is 1. The van der Waals surface area contributed by atoms with Gasteiger partial charge in [0.1, 0.15) is 5.75 Å². The Morgan fingerprint density at radius 1 is 1.00 bits per heavy atom. The quantitative estimate of drug-likeness (QED) is 0.682. The fourth-order valence-corrected chi connectivity index (χ4v) is 3.33. The minimum atomic E-state index is 0.0670. The Labute approximate surface area is 164 Å². The number of hydrogen-bond acceptors (Lipinski definition) is 5. The summed E-state index contributed by atoms with van der Waals surface area (Å²) in [6, 6.07) is 17.2. The molecule has 1 aromatic heterocycles. The zero-order valence-corrected chi connectivity index (χ0v) is 15.9. The van der Waals surface area contributed by atoms with Crippen molar-refractivity contribution >= 4 is 5.91 Å². The van der Waals surface area contributed by atoms with Crippen molar-refractivity contribution in [3.63, 3.8) is 0 Å². The molecule has 1 saturated heterocycles. The predicted molar refractivity (Wildman–Crippen MR) is 106 cm³/mol. The van der Waals surface area contributed by atoms with Gasteiger partial charge in [0.2, 0.25) is 0 Å². The third-order valence-electron chi connectivity index (χ3n) is 4.94. The number of ether oxygens (including phenoxy) is 1. The molecule has 7 heteroatoms. The molecule has 1 aliphatic rings. The molecular formula is C21H23N5O2. The molecule has 0 N–H and O–H groups in total. The summed E-state index contributed by atoms with van der Waals surface area (Å²) in [4.78, 5) is 16.9. The summed E-state index contributed by atoms with van der Waals surface area (Å²) < 4.78 is 6.94. The van der Waals surface area contributed by atoms with E-state index < -0.39 is 0 Å². The van der Waals surface area contributed by atoms with E-state index in [2.05, 4.69) is 15.2 Å². The number of aromatic nitrogens is 3. The van der Waals surface area contributed by atoms with Crippen LogP contribution >= 0.6 is 0 Å². The second-order valence-electron chi connectivity index (χ2n) is 6.79. The zero-order chi connectivity index (χ0) is 19.3. The van der Waals surface area contributed by atoms with Gasteiger partial charge < -0.3 is 9.64 Å². The molecule has 0 saturated carbocycles. The Kier molecular flexibility index (Phi) is 5.34. The lowest BCUT2D eigenvalue weighted by Gasteiger charge is -2.34. The van der Waals surface area contributed by atoms with Crippen molar-refractivity contribution in [2.24, 2.45) is 0 Å². The second kappa shape index (κ2) is 8.22. The minimum absolute atomic E-state index is 0.0670. The Balaban J connectivity index is 1.32. The summed E-state index contributed by atoms with van der Waals surface area (Å²) in [5.41, 5.74) is 2.62. The van der Waals surface area contributed by atoms with Crippen molar-refractivity contribution < 1.29 is 9.53 Å². The van der Waals surface area contributed by atoms with Crippen LogP contribution in [-0.4, -0.2) is 64.0 Å². The SMILES string of the molecule is COc1ccc(C(=O)N2CCN(Cc3cn(-c4ccccc4)nn3)CC2)cc1. The van der Waals surface area contributed by atoms with Gasteiger partial charge in [0.25, 0.3) is 5.91 Å². The lowest BCUT2D eigenvalue weighted by molar-refractivity contribution is 0.0627. The van der Waals surface area contributed by atoms with Crippen molar-refractivity contribution in [3.8, 4) is 11.4 Å². The first-order valence-electron chi connectivity index (χ1n) is 9.35. The van der Waals surface area contributed by atoms with Gasteiger partial charge in [-0.3, -0.25) is 9.69 Å². The fourth-order valence-electron chi connectivity index (χ4n) is 3.33. The molecule has 3 aromatic rings. The normalized spacial score (nSPS) is 14.8. The van der Waals surface area contributed by atoms with E-state index in [9.17, 15) is 4.79 Å². The highest BCUT2D eigenvalue weighted by molar-refractivity contribution is 5.94. The summed E-state index contributed by atoms with van der Waals surface area (Å²) in [7, 11) is 1.62. The maximum Gasteiger partial charge on any atom is 0.253 e. The van der Waals surface area contributed by atoms with Crippen LogP contribution in [0.3, 0.4) is 0 Å². The van der Waals surface area contributed by atoms with Gasteiger partial charge in [-0.05, 0) is 36.4 Å². The lowest BCUT2D eigenvalue weighted by atomic mass is 10.1. The second-order valence-corrected chi connectivity index (χ2v) is 6.79. The number of rotatable bonds is 5. The summed E-state index contributed by atoms with van der Waals surface area (Å²) in [5.74, 6) is 0.822. The van der Waals surface area contributed by atoms with Gasteiger partial charge in [-0.1, -0.05) is 23.4 Å². The third-order valence-corrected chi connectivity index (χ3v) is 4.94. The van der Waals surface area contributed by atoms with Gasteiger partial charge in [-0.15, -0.1) is 5.10 Å². The van der Waals surface area contributed by atoms with Crippen LogP contribution in [0.5, 0.6) is 5.75 Å². The smallest absolute Gasteiger partial charge is 0.253 e. The average Bonchev–Trinajstić information content (AvgIpc) is 3.23. The van der Waals surface area contributed by atoms with Crippen LogP contribution < -0.4 is 4.74 Å². The molecule has 0 atom stereocenters. The number of methoxy groups -OCH3 is 1. The van der Waals surface area contributed by atoms with E-state index in [4.69, 9.17) is 4.74 Å². The van der Waals surface area contributed by atoms with E-state index in [-0.39, 0.29) is 5.91 Å². The maximum atomic E-state index is 12.7. The predicted octanol–water partition coefficient (Wildman–Crippen LogP) is 2.23. The first-order valence-corrected chi connectivity index (χ1v) is 9.35. The number of nitrogens with zero attached hydrogens (tertiary/aromatic N) is 5. The van der Waals surface area contributed by atoms with E-state index in [1.54, 1.807) is 11.8 Å². The molecule has 144 valence electrons. The number of carbonyl (C=O) groups is 1. The Bertz CT molecular complexity index is 915. The van der Waals surface area contributed by atoms with Gasteiger partial charge in [-0.2, -0.15) is 0 Å². The first kappa shape index (κ1) is 18.2. The van der Waals surface area contributed by atoms with Gasteiger partial charge in [0.15, 0.2) is 0 Å². The molecule has 4 rings (SSSR count). The standard InChI is InChI=1S/C21H23N5O2/c1-28-20-9-7-17(8-10-20)21(27)25-13-11-24(12-14-25)15-18-16-26(23-22-18)19-5-3-2-4-6-19/h2-10,16H,11-15H2,1H3. The molecular weight excluding hydrogens is 354 g/mol.